The zero-order chi connectivity index (χ0) is 41.3. The number of carbonyl (C=O) groups is 5. The standard InChI is InChI=1S/C11H17Cl2N5O2.C11H16ClN5O2.C7H10N4O.C3H5N3/c12-4-1-6-14-10(19)16-9-3-8-18(17-9)11(20)15-7-2-5-13;12-4-1-5-14-11(19)17-8-3-9(15-17)16-7-2-6-13-10(16)18;12-7-8-3-1-5-11(7)6-2-4-9-10-6;4-3-1-2-5-6-3/h3,8H,1-2,4-7H2,(H,15,20)(H2,14,16,17,19);3,8H,1-2,4-7H2,(H,13,18)(H,14,19);2,4H,1,3,5H2,(H,8,12)(H,9,10);1-2H,(H3,4,5,6). The molecule has 22 nitrogen and oxygen atoms in total. The van der Waals surface area contributed by atoms with Crippen LogP contribution in [0.3, 0.4) is 0 Å². The molecule has 0 bridgehead atoms. The van der Waals surface area contributed by atoms with Crippen LogP contribution < -0.4 is 47.4 Å². The smallest absolute Gasteiger partial charge is 0.342 e. The molecule has 8 amide bonds. The van der Waals surface area contributed by atoms with Crippen molar-refractivity contribution in [3.63, 3.8) is 0 Å². The normalized spacial score (nSPS) is 13.2. The van der Waals surface area contributed by atoms with E-state index >= 15 is 0 Å². The molecule has 10 N–H and O–H groups in total. The lowest BCUT2D eigenvalue weighted by atomic mass is 10.3. The Bertz CT molecular complexity index is 1770. The number of rotatable bonds is 12. The number of halogens is 3. The zero-order valence-corrected chi connectivity index (χ0v) is 33.3. The van der Waals surface area contributed by atoms with Crippen LogP contribution in [0.1, 0.15) is 32.1 Å². The molecule has 2 aliphatic rings. The Hall–Kier alpha value is -5.74. The van der Waals surface area contributed by atoms with Crippen LogP contribution in [-0.4, -0.2) is 134 Å². The minimum atomic E-state index is -0.386. The van der Waals surface area contributed by atoms with Gasteiger partial charge in [-0.3, -0.25) is 25.3 Å². The quantitative estimate of drug-likeness (QED) is 0.0741. The van der Waals surface area contributed by atoms with E-state index < -0.39 is 0 Å². The molecule has 2 aliphatic heterocycles. The third-order valence-electron chi connectivity index (χ3n) is 7.33. The molecule has 0 spiro atoms. The number of carbonyl (C=O) groups excluding carboxylic acids is 5. The van der Waals surface area contributed by atoms with Gasteiger partial charge in [-0.2, -0.15) is 19.6 Å². The topological polar surface area (TPSA) is 283 Å². The van der Waals surface area contributed by atoms with E-state index in [0.717, 1.165) is 36.4 Å². The minimum Gasteiger partial charge on any atom is -0.384 e. The highest BCUT2D eigenvalue weighted by molar-refractivity contribution is 6.18. The molecule has 25 heteroatoms. The molecule has 0 aromatic carbocycles. The second-order valence-corrected chi connectivity index (χ2v) is 12.8. The van der Waals surface area contributed by atoms with Crippen molar-refractivity contribution >= 4 is 88.2 Å². The molecule has 312 valence electrons. The third-order valence-corrected chi connectivity index (χ3v) is 8.13. The molecule has 0 aliphatic carbocycles. The Kier molecular flexibility index (Phi) is 21.0. The number of H-pyrrole nitrogens is 2. The lowest BCUT2D eigenvalue weighted by Gasteiger charge is -2.25. The van der Waals surface area contributed by atoms with Crippen LogP contribution in [0.4, 0.5) is 47.2 Å². The number of alkyl halides is 3. The fourth-order valence-electron chi connectivity index (χ4n) is 4.56. The number of nitrogens with two attached hydrogens (primary N) is 1. The number of anilines is 4. The first-order chi connectivity index (χ1) is 27.7. The minimum absolute atomic E-state index is 0.0505. The van der Waals surface area contributed by atoms with Gasteiger partial charge in [0.1, 0.15) is 11.6 Å². The maximum Gasteiger partial charge on any atom is 0.342 e. The van der Waals surface area contributed by atoms with Crippen LogP contribution in [0.5, 0.6) is 0 Å². The fraction of sp³-hybridized carbons (Fsp3) is 0.469. The molecule has 0 atom stereocenters. The van der Waals surface area contributed by atoms with E-state index in [9.17, 15) is 24.0 Å². The lowest BCUT2D eigenvalue weighted by molar-refractivity contribution is 0.238. The van der Waals surface area contributed by atoms with Crippen molar-refractivity contribution in [2.45, 2.75) is 32.1 Å². The number of nitrogen functional groups attached to an aromatic ring is 1. The molecule has 6 heterocycles. The summed E-state index contributed by atoms with van der Waals surface area (Å²) in [4.78, 5) is 60.9. The molecule has 0 saturated carbocycles. The van der Waals surface area contributed by atoms with Crippen LogP contribution in [0.2, 0.25) is 0 Å². The van der Waals surface area contributed by atoms with E-state index in [4.69, 9.17) is 40.5 Å². The van der Waals surface area contributed by atoms with Gasteiger partial charge in [0, 0.05) is 94.0 Å². The Morgan fingerprint density at radius 1 is 0.702 bits per heavy atom. The van der Waals surface area contributed by atoms with Crippen molar-refractivity contribution in [1.29, 1.82) is 0 Å². The van der Waals surface area contributed by atoms with Gasteiger partial charge in [0.05, 0.1) is 12.4 Å². The Morgan fingerprint density at radius 3 is 1.75 bits per heavy atom. The van der Waals surface area contributed by atoms with Crippen LogP contribution in [0, 0.1) is 0 Å². The summed E-state index contributed by atoms with van der Waals surface area (Å²) < 4.78 is 2.30. The molecular weight excluding hydrogens is 809 g/mol. The summed E-state index contributed by atoms with van der Waals surface area (Å²) in [5.74, 6) is 3.60. The van der Waals surface area contributed by atoms with Crippen molar-refractivity contribution in [3.05, 3.63) is 49.1 Å². The number of aromatic nitrogens is 8. The average Bonchev–Trinajstić information content (AvgIpc) is 4.06. The summed E-state index contributed by atoms with van der Waals surface area (Å²) in [6, 6.07) is 5.34. The van der Waals surface area contributed by atoms with Gasteiger partial charge in [-0.1, -0.05) is 0 Å². The predicted octanol–water partition coefficient (Wildman–Crippen LogP) is 3.13. The van der Waals surface area contributed by atoms with Crippen LogP contribution in [-0.2, 0) is 0 Å². The first-order valence-electron chi connectivity index (χ1n) is 17.9. The van der Waals surface area contributed by atoms with Gasteiger partial charge in [0.15, 0.2) is 11.6 Å². The number of hydrogen-bond acceptors (Lipinski definition) is 10. The Morgan fingerprint density at radius 2 is 1.25 bits per heavy atom. The van der Waals surface area contributed by atoms with Gasteiger partial charge in [-0.15, -0.1) is 45.0 Å². The lowest BCUT2D eigenvalue weighted by Crippen LogP contribution is -2.46. The third kappa shape index (κ3) is 16.9. The number of nitrogens with zero attached hydrogens (tertiary/aromatic N) is 8. The van der Waals surface area contributed by atoms with E-state index in [1.165, 1.54) is 28.0 Å². The highest BCUT2D eigenvalue weighted by Gasteiger charge is 2.22. The van der Waals surface area contributed by atoms with E-state index in [-0.39, 0.29) is 30.2 Å². The summed E-state index contributed by atoms with van der Waals surface area (Å²) >= 11 is 16.5. The largest absolute Gasteiger partial charge is 0.384 e. The van der Waals surface area contributed by atoms with Crippen molar-refractivity contribution in [2.24, 2.45) is 0 Å². The number of aromatic amines is 2. The number of urea groups is 3. The Balaban J connectivity index is 0.000000217. The van der Waals surface area contributed by atoms with Gasteiger partial charge in [0.2, 0.25) is 0 Å². The van der Waals surface area contributed by atoms with Crippen molar-refractivity contribution in [3.8, 4) is 0 Å². The molecule has 4 aromatic rings. The number of amides is 8. The number of hydrogen-bond donors (Lipinski definition) is 9. The second kappa shape index (κ2) is 26.2. The van der Waals surface area contributed by atoms with E-state index in [1.807, 2.05) is 0 Å². The van der Waals surface area contributed by atoms with Crippen molar-refractivity contribution in [2.75, 3.05) is 84.3 Å². The molecule has 0 radical (unpaired) electrons. The molecule has 6 rings (SSSR count). The molecule has 0 unspecified atom stereocenters. The van der Waals surface area contributed by atoms with Crippen LogP contribution in [0.15, 0.2) is 49.1 Å². The SMILES string of the molecule is Nc1ccn[nH]1.O=C(NCCCCl)Nc1ccn(C(=O)NCCCCl)n1.O=C1NCCCN1c1ccn(C(=O)NCCCCl)n1.O=C1NCCCN1c1ccn[nH]1. The van der Waals surface area contributed by atoms with E-state index in [0.29, 0.717) is 87.1 Å². The summed E-state index contributed by atoms with van der Waals surface area (Å²) in [7, 11) is 0. The molecular formula is C32H48Cl3N17O5. The molecule has 4 aromatic heterocycles. The van der Waals surface area contributed by atoms with Crippen molar-refractivity contribution in [1.82, 2.24) is 66.5 Å². The van der Waals surface area contributed by atoms with Crippen LogP contribution in [0.25, 0.3) is 0 Å². The van der Waals surface area contributed by atoms with E-state index in [2.05, 4.69) is 62.5 Å². The molecule has 57 heavy (non-hydrogen) atoms. The monoisotopic (exact) mass is 855 g/mol. The highest BCUT2D eigenvalue weighted by atomic mass is 35.5. The summed E-state index contributed by atoms with van der Waals surface area (Å²) in [6.07, 6.45) is 10.2. The van der Waals surface area contributed by atoms with Gasteiger partial charge in [-0.25, -0.2) is 24.0 Å². The fourth-order valence-corrected chi connectivity index (χ4v) is 4.96. The first-order valence-corrected chi connectivity index (χ1v) is 19.5. The van der Waals surface area contributed by atoms with Crippen LogP contribution >= 0.6 is 34.8 Å². The summed E-state index contributed by atoms with van der Waals surface area (Å²) in [6.45, 7) is 4.27. The van der Waals surface area contributed by atoms with Gasteiger partial charge in [-0.05, 0) is 38.2 Å². The predicted molar refractivity (Wildman–Crippen MR) is 217 cm³/mol. The Labute approximate surface area is 343 Å². The van der Waals surface area contributed by atoms with Crippen molar-refractivity contribution < 1.29 is 24.0 Å². The van der Waals surface area contributed by atoms with Gasteiger partial charge < -0.3 is 32.3 Å². The average molecular weight is 857 g/mol. The maximum absolute atomic E-state index is 11.7. The highest BCUT2D eigenvalue weighted by Crippen LogP contribution is 2.14. The summed E-state index contributed by atoms with van der Waals surface area (Å²) in [5.41, 5.74) is 5.16. The van der Waals surface area contributed by atoms with Gasteiger partial charge in [0.25, 0.3) is 0 Å². The molecule has 2 saturated heterocycles. The maximum atomic E-state index is 11.7. The summed E-state index contributed by atoms with van der Waals surface area (Å²) in [5, 5.41) is 36.6. The zero-order valence-electron chi connectivity index (χ0n) is 31.1. The number of nitrogens with one attached hydrogen (secondary N) is 8. The molecule has 2 fully saturated rings. The second-order valence-electron chi connectivity index (χ2n) is 11.7. The van der Waals surface area contributed by atoms with E-state index in [1.54, 1.807) is 35.5 Å². The first kappa shape index (κ1) is 45.6. The van der Waals surface area contributed by atoms with Gasteiger partial charge >= 0.3 is 30.2 Å².